The van der Waals surface area contributed by atoms with Gasteiger partial charge in [0, 0.05) is 17.0 Å². The van der Waals surface area contributed by atoms with Crippen molar-refractivity contribution in [3.63, 3.8) is 0 Å². The Morgan fingerprint density at radius 1 is 1.21 bits per heavy atom. The highest BCUT2D eigenvalue weighted by Gasteiger charge is 2.36. The molecule has 0 saturated heterocycles. The normalized spacial score (nSPS) is 21.5. The minimum atomic E-state index is -0.703. The number of nitrogens with two attached hydrogens (primary N) is 1. The van der Waals surface area contributed by atoms with Crippen LogP contribution >= 0.6 is 11.6 Å². The number of H-pyrrole nitrogens is 1. The van der Waals surface area contributed by atoms with E-state index in [-0.39, 0.29) is 0 Å². The minimum Gasteiger partial charge on any atom is -0.463 e. The Kier molecular flexibility index (Phi) is 5.67. The average Bonchev–Trinajstić information content (AvgIpc) is 3.17. The molecule has 0 atom stereocenters. The van der Waals surface area contributed by atoms with E-state index in [9.17, 15) is 4.79 Å². The lowest BCUT2D eigenvalue weighted by Gasteiger charge is -2.33. The fraction of sp³-hybridized carbons (Fsp3) is 0.458. The third-order valence-electron chi connectivity index (χ3n) is 6.66. The van der Waals surface area contributed by atoms with Crippen LogP contribution in [0.25, 0.3) is 0 Å². The van der Waals surface area contributed by atoms with Gasteiger partial charge in [0.15, 0.2) is 17.3 Å². The van der Waals surface area contributed by atoms with Crippen LogP contribution in [0.5, 0.6) is 5.88 Å². The number of aromatic nitrogens is 4. The first-order valence-electron chi connectivity index (χ1n) is 11.5. The third kappa shape index (κ3) is 4.32. The van der Waals surface area contributed by atoms with Crippen molar-refractivity contribution in [1.29, 1.82) is 0 Å². The van der Waals surface area contributed by atoms with E-state index in [0.29, 0.717) is 40.9 Å². The van der Waals surface area contributed by atoms with Crippen molar-refractivity contribution >= 4 is 28.8 Å². The highest BCUT2D eigenvalue weighted by Crippen LogP contribution is 2.42. The molecule has 3 heterocycles. The number of aryl methyl sites for hydroxylation is 1. The third-order valence-corrected chi connectivity index (χ3v) is 6.99. The summed E-state index contributed by atoms with van der Waals surface area (Å²) in [6.45, 7) is 5.68. The number of nitrogens with zero attached hydrogens (tertiary/aromatic N) is 4. The van der Waals surface area contributed by atoms with Gasteiger partial charge in [0.1, 0.15) is 11.4 Å². The lowest BCUT2D eigenvalue weighted by atomic mass is 9.77. The molecule has 1 saturated carbocycles. The number of nitrogens with one attached hydrogen (secondary N) is 1. The minimum absolute atomic E-state index is 0.296. The smallest absolute Gasteiger partial charge is 0.438 e. The first-order chi connectivity index (χ1) is 16.2. The summed E-state index contributed by atoms with van der Waals surface area (Å²) in [5.41, 5.74) is 8.60. The van der Waals surface area contributed by atoms with Gasteiger partial charge >= 0.3 is 5.76 Å². The molecular weight excluding hydrogens is 456 g/mol. The Labute approximate surface area is 201 Å². The lowest BCUT2D eigenvalue weighted by Crippen LogP contribution is -2.41. The van der Waals surface area contributed by atoms with Crippen LogP contribution in [0, 0.1) is 12.8 Å². The van der Waals surface area contributed by atoms with Crippen molar-refractivity contribution < 1.29 is 9.26 Å². The van der Waals surface area contributed by atoms with Gasteiger partial charge < -0.3 is 10.5 Å². The number of ether oxygens (including phenoxy) is 1. The van der Waals surface area contributed by atoms with E-state index in [1.807, 2.05) is 26.0 Å². The van der Waals surface area contributed by atoms with Crippen LogP contribution in [-0.2, 0) is 6.42 Å². The molecule has 1 fully saturated rings. The van der Waals surface area contributed by atoms with Crippen molar-refractivity contribution in [2.75, 3.05) is 5.73 Å². The molecule has 34 heavy (non-hydrogen) atoms. The number of halogens is 1. The van der Waals surface area contributed by atoms with Crippen LogP contribution in [0.15, 0.2) is 32.5 Å². The number of hydrogen-bond acceptors (Lipinski definition) is 8. The van der Waals surface area contributed by atoms with E-state index in [1.54, 1.807) is 6.92 Å². The summed E-state index contributed by atoms with van der Waals surface area (Å²) in [6.07, 6.45) is 4.87. The Hall–Kier alpha value is -3.20. The van der Waals surface area contributed by atoms with E-state index in [4.69, 9.17) is 27.1 Å². The Morgan fingerprint density at radius 3 is 2.65 bits per heavy atom. The zero-order chi connectivity index (χ0) is 24.0. The second-order valence-electron chi connectivity index (χ2n) is 9.58. The highest BCUT2D eigenvalue weighted by molar-refractivity contribution is 6.32. The molecule has 0 radical (unpaired) electrons. The van der Waals surface area contributed by atoms with E-state index >= 15 is 0 Å². The summed E-state index contributed by atoms with van der Waals surface area (Å²) in [4.78, 5) is 27.1. The Bertz CT molecular complexity index is 1320. The number of rotatable bonds is 4. The highest BCUT2D eigenvalue weighted by atomic mass is 35.5. The molecule has 9 nitrogen and oxygen atoms in total. The molecule has 10 heteroatoms. The molecule has 3 N–H and O–H groups in total. The van der Waals surface area contributed by atoms with Gasteiger partial charge in [0.2, 0.25) is 5.88 Å². The maximum atomic E-state index is 11.2. The quantitative estimate of drug-likeness (QED) is 0.559. The van der Waals surface area contributed by atoms with Crippen LogP contribution in [0.2, 0.25) is 5.02 Å². The summed E-state index contributed by atoms with van der Waals surface area (Å²) < 4.78 is 10.8. The van der Waals surface area contributed by atoms with E-state index in [0.717, 1.165) is 54.0 Å². The first kappa shape index (κ1) is 22.6. The lowest BCUT2D eigenvalue weighted by molar-refractivity contribution is 0.171. The average molecular weight is 483 g/mol. The largest absolute Gasteiger partial charge is 0.463 e. The molecule has 0 spiro atoms. The fourth-order valence-electron chi connectivity index (χ4n) is 4.99. The Morgan fingerprint density at radius 2 is 1.97 bits per heavy atom. The maximum absolute atomic E-state index is 11.2. The van der Waals surface area contributed by atoms with Crippen LogP contribution < -0.4 is 16.2 Å². The molecule has 3 aromatic rings. The predicted octanol–water partition coefficient (Wildman–Crippen LogP) is 4.51. The zero-order valence-electron chi connectivity index (χ0n) is 19.4. The molecule has 0 unspecified atom stereocenters. The number of hydrogen-bond donors (Lipinski definition) is 2. The molecule has 1 aromatic carbocycles. The van der Waals surface area contributed by atoms with Gasteiger partial charge in [-0.25, -0.2) is 14.8 Å². The summed E-state index contributed by atoms with van der Waals surface area (Å²) in [7, 11) is 0. The van der Waals surface area contributed by atoms with Crippen molar-refractivity contribution in [3.8, 4) is 5.88 Å². The van der Waals surface area contributed by atoms with Crippen molar-refractivity contribution in [2.24, 2.45) is 10.9 Å². The first-order valence-corrected chi connectivity index (χ1v) is 11.8. The number of fused-ring (bicyclic) bond motifs is 1. The predicted molar refractivity (Wildman–Crippen MR) is 129 cm³/mol. The van der Waals surface area contributed by atoms with Gasteiger partial charge in [-0.15, -0.1) is 0 Å². The molecule has 1 aliphatic heterocycles. The molecular formula is C24H27ClN6O3. The molecule has 5 rings (SSSR count). The number of aromatic amines is 1. The van der Waals surface area contributed by atoms with Gasteiger partial charge in [0.25, 0.3) is 0 Å². The van der Waals surface area contributed by atoms with Gasteiger partial charge in [-0.3, -0.25) is 9.51 Å². The van der Waals surface area contributed by atoms with Gasteiger partial charge in [-0.1, -0.05) is 28.9 Å². The van der Waals surface area contributed by atoms with Crippen LogP contribution in [0.1, 0.15) is 68.2 Å². The molecule has 2 aliphatic rings. The number of anilines is 1. The van der Waals surface area contributed by atoms with Crippen molar-refractivity contribution in [1.82, 2.24) is 20.1 Å². The molecule has 178 valence electrons. The second kappa shape index (κ2) is 8.54. The number of benzene rings is 1. The second-order valence-corrected chi connectivity index (χ2v) is 9.99. The number of aliphatic imine (C=N–C) groups is 1. The van der Waals surface area contributed by atoms with E-state index < -0.39 is 11.4 Å². The maximum Gasteiger partial charge on any atom is 0.438 e. The molecule has 0 bridgehead atoms. The van der Waals surface area contributed by atoms with Crippen molar-refractivity contribution in [2.45, 2.75) is 64.4 Å². The molecule has 1 aliphatic carbocycles. The fourth-order valence-corrected chi connectivity index (χ4v) is 5.33. The topological polar surface area (TPSA) is 132 Å². The standard InChI is InChI=1S/C24H27ClN6O3/c1-12-27-21(26)19-22(28-12)33-24(2,3)20(30-19)15-8-9-16(17(25)11-15)14-6-4-13(5-7-14)10-18-29-23(32)34-31-18/h8-9,11,13-14H,4-7,10H2,1-3H3,(H2,26,27,28)(H,29,31,32). The van der Waals surface area contributed by atoms with Crippen molar-refractivity contribution in [3.05, 3.63) is 56.5 Å². The summed E-state index contributed by atoms with van der Waals surface area (Å²) in [6, 6.07) is 6.11. The summed E-state index contributed by atoms with van der Waals surface area (Å²) in [5.74, 6) is 2.22. The Balaban J connectivity index is 1.35. The molecule has 0 amide bonds. The molecule has 2 aromatic heterocycles. The van der Waals surface area contributed by atoms with Gasteiger partial charge in [-0.2, -0.15) is 4.98 Å². The summed E-state index contributed by atoms with van der Waals surface area (Å²) in [5, 5.41) is 4.51. The number of nitrogen functional groups attached to an aromatic ring is 1. The van der Waals surface area contributed by atoms with Gasteiger partial charge in [-0.05, 0) is 69.9 Å². The monoisotopic (exact) mass is 482 g/mol. The van der Waals surface area contributed by atoms with Crippen LogP contribution in [0.3, 0.4) is 0 Å². The SMILES string of the molecule is Cc1nc(N)c2c(n1)OC(C)(C)C(c1ccc(C3CCC(Cc4noc(=O)[nH]4)CC3)c(Cl)c1)=N2. The summed E-state index contributed by atoms with van der Waals surface area (Å²) >= 11 is 6.79. The van der Waals surface area contributed by atoms with E-state index in [1.165, 1.54) is 0 Å². The van der Waals surface area contributed by atoms with Gasteiger partial charge in [0.05, 0.1) is 5.71 Å². The zero-order valence-corrected chi connectivity index (χ0v) is 20.1. The van der Waals surface area contributed by atoms with Crippen LogP contribution in [0.4, 0.5) is 11.5 Å². The van der Waals surface area contributed by atoms with E-state index in [2.05, 4.69) is 30.7 Å². The van der Waals surface area contributed by atoms with Crippen LogP contribution in [-0.4, -0.2) is 31.4 Å².